The maximum Gasteiger partial charge on any atom is 0.269 e. The first-order chi connectivity index (χ1) is 13.0. The molecule has 27 heavy (non-hydrogen) atoms. The van der Waals surface area contributed by atoms with E-state index < -0.39 is 4.92 Å². The Morgan fingerprint density at radius 1 is 1.07 bits per heavy atom. The molecule has 144 valence electrons. The Hall–Kier alpha value is -3.09. The van der Waals surface area contributed by atoms with Crippen LogP contribution in [0.25, 0.3) is 0 Å². The molecule has 0 heterocycles. The van der Waals surface area contributed by atoms with Crippen molar-refractivity contribution >= 4 is 11.6 Å². The van der Waals surface area contributed by atoms with Crippen LogP contribution < -0.4 is 15.4 Å². The lowest BCUT2D eigenvalue weighted by Gasteiger charge is -2.14. The highest BCUT2D eigenvalue weighted by molar-refractivity contribution is 5.79. The molecule has 0 fully saturated rings. The van der Waals surface area contributed by atoms with Gasteiger partial charge in [0.25, 0.3) is 5.69 Å². The lowest BCUT2D eigenvalue weighted by molar-refractivity contribution is -0.384. The van der Waals surface area contributed by atoms with Crippen LogP contribution in [0.5, 0.6) is 5.75 Å². The molecule has 7 heteroatoms. The second-order valence-corrected chi connectivity index (χ2v) is 6.56. The van der Waals surface area contributed by atoms with E-state index in [1.165, 1.54) is 12.1 Å². The number of aliphatic imine (C=N–C) groups is 1. The first-order valence-electron chi connectivity index (χ1n) is 8.86. The zero-order valence-corrected chi connectivity index (χ0v) is 15.9. The number of rotatable bonds is 8. The Morgan fingerprint density at radius 2 is 1.70 bits per heavy atom. The van der Waals surface area contributed by atoms with Crippen LogP contribution in [0.15, 0.2) is 53.5 Å². The summed E-state index contributed by atoms with van der Waals surface area (Å²) in [6.45, 7) is 6.13. The third-order valence-corrected chi connectivity index (χ3v) is 3.86. The maximum absolute atomic E-state index is 10.7. The fourth-order valence-electron chi connectivity index (χ4n) is 2.30. The van der Waals surface area contributed by atoms with E-state index in [-0.39, 0.29) is 5.69 Å². The van der Waals surface area contributed by atoms with Crippen molar-refractivity contribution in [2.45, 2.75) is 26.9 Å². The largest absolute Gasteiger partial charge is 0.497 e. The summed E-state index contributed by atoms with van der Waals surface area (Å²) in [5.74, 6) is 2.01. The number of hydrogen-bond donors (Lipinski definition) is 2. The molecule has 0 aliphatic carbocycles. The molecule has 0 radical (unpaired) electrons. The third kappa shape index (κ3) is 6.97. The van der Waals surface area contributed by atoms with E-state index in [1.807, 2.05) is 24.3 Å². The average molecular weight is 370 g/mol. The van der Waals surface area contributed by atoms with E-state index in [2.05, 4.69) is 29.5 Å². The number of nitrogens with zero attached hydrogens (tertiary/aromatic N) is 2. The Balaban J connectivity index is 2.00. The van der Waals surface area contributed by atoms with E-state index in [4.69, 9.17) is 4.74 Å². The highest BCUT2D eigenvalue weighted by Crippen LogP contribution is 2.13. The van der Waals surface area contributed by atoms with Gasteiger partial charge in [-0.3, -0.25) is 10.1 Å². The van der Waals surface area contributed by atoms with Crippen molar-refractivity contribution < 1.29 is 9.66 Å². The highest BCUT2D eigenvalue weighted by Gasteiger charge is 2.05. The van der Waals surface area contributed by atoms with Crippen LogP contribution >= 0.6 is 0 Å². The molecule has 0 saturated heterocycles. The Labute approximate surface area is 159 Å². The molecule has 0 spiro atoms. The number of benzene rings is 2. The summed E-state index contributed by atoms with van der Waals surface area (Å²) in [7, 11) is 1.64. The van der Waals surface area contributed by atoms with Crippen LogP contribution in [-0.2, 0) is 13.1 Å². The first-order valence-corrected chi connectivity index (χ1v) is 8.86. The highest BCUT2D eigenvalue weighted by atomic mass is 16.6. The molecule has 0 saturated carbocycles. The van der Waals surface area contributed by atoms with E-state index in [0.29, 0.717) is 25.0 Å². The Kier molecular flexibility index (Phi) is 7.61. The third-order valence-electron chi connectivity index (χ3n) is 3.86. The number of ether oxygens (including phenoxy) is 1. The molecule has 2 N–H and O–H groups in total. The van der Waals surface area contributed by atoms with E-state index in [1.54, 1.807) is 19.2 Å². The lowest BCUT2D eigenvalue weighted by Crippen LogP contribution is -2.38. The molecular weight excluding hydrogens is 344 g/mol. The second kappa shape index (κ2) is 10.2. The van der Waals surface area contributed by atoms with Gasteiger partial charge in [-0.1, -0.05) is 38.1 Å². The zero-order chi connectivity index (χ0) is 19.6. The van der Waals surface area contributed by atoms with Gasteiger partial charge in [0.2, 0.25) is 0 Å². The minimum atomic E-state index is -0.400. The van der Waals surface area contributed by atoms with Gasteiger partial charge in [0.15, 0.2) is 5.96 Å². The van der Waals surface area contributed by atoms with Crippen molar-refractivity contribution in [3.05, 3.63) is 69.8 Å². The number of non-ortho nitro benzene ring substituents is 1. The van der Waals surface area contributed by atoms with Crippen LogP contribution in [0, 0.1) is 16.0 Å². The molecule has 2 aromatic carbocycles. The van der Waals surface area contributed by atoms with Gasteiger partial charge in [-0.25, -0.2) is 4.99 Å². The quantitative estimate of drug-likeness (QED) is 0.321. The van der Waals surface area contributed by atoms with Gasteiger partial charge < -0.3 is 15.4 Å². The SMILES string of the molecule is COc1ccc(CN=C(NCc2ccc([N+](=O)[O-])cc2)NCC(C)C)cc1. The molecule has 0 unspecified atom stereocenters. The summed E-state index contributed by atoms with van der Waals surface area (Å²) in [4.78, 5) is 15.0. The van der Waals surface area contributed by atoms with Gasteiger partial charge in [-0.2, -0.15) is 0 Å². The standard InChI is InChI=1S/C20H26N4O3/c1-15(2)12-21-20(23-14-17-6-10-19(27-3)11-7-17)22-13-16-4-8-18(9-5-16)24(25)26/h4-11,15H,12-14H2,1-3H3,(H2,21,22,23). The number of nitro benzene ring substituents is 1. The number of nitro groups is 1. The molecule has 0 atom stereocenters. The molecule has 2 rings (SSSR count). The van der Waals surface area contributed by atoms with Crippen molar-refractivity contribution in [3.8, 4) is 5.75 Å². The molecular formula is C20H26N4O3. The molecule has 0 aliphatic rings. The maximum atomic E-state index is 10.7. The predicted molar refractivity (Wildman–Crippen MR) is 107 cm³/mol. The van der Waals surface area contributed by atoms with Gasteiger partial charge >= 0.3 is 0 Å². The first kappa shape index (κ1) is 20.2. The second-order valence-electron chi connectivity index (χ2n) is 6.56. The van der Waals surface area contributed by atoms with Crippen LogP contribution in [-0.4, -0.2) is 24.5 Å². The van der Waals surface area contributed by atoms with Gasteiger partial charge in [0, 0.05) is 25.2 Å². The van der Waals surface area contributed by atoms with Crippen molar-refractivity contribution in [2.24, 2.45) is 10.9 Å². The molecule has 0 aromatic heterocycles. The minimum absolute atomic E-state index is 0.0880. The topological polar surface area (TPSA) is 88.8 Å². The number of nitrogens with one attached hydrogen (secondary N) is 2. The van der Waals surface area contributed by atoms with Crippen molar-refractivity contribution in [1.29, 1.82) is 0 Å². The molecule has 0 amide bonds. The van der Waals surface area contributed by atoms with E-state index >= 15 is 0 Å². The summed E-state index contributed by atoms with van der Waals surface area (Å²) in [5.41, 5.74) is 2.12. The summed E-state index contributed by atoms with van der Waals surface area (Å²) in [5, 5.41) is 17.3. The van der Waals surface area contributed by atoms with E-state index in [0.717, 1.165) is 23.4 Å². The molecule has 7 nitrogen and oxygen atoms in total. The smallest absolute Gasteiger partial charge is 0.269 e. The molecule has 0 bridgehead atoms. The summed E-state index contributed by atoms with van der Waals surface area (Å²) >= 11 is 0. The number of guanidine groups is 1. The fraction of sp³-hybridized carbons (Fsp3) is 0.350. The number of methoxy groups -OCH3 is 1. The lowest BCUT2D eigenvalue weighted by atomic mass is 10.2. The van der Waals surface area contributed by atoms with Crippen molar-refractivity contribution in [2.75, 3.05) is 13.7 Å². The monoisotopic (exact) mass is 370 g/mol. The van der Waals surface area contributed by atoms with Crippen LogP contribution in [0.2, 0.25) is 0 Å². The average Bonchev–Trinajstić information content (AvgIpc) is 2.68. The Bertz CT molecular complexity index is 756. The fourth-order valence-corrected chi connectivity index (χ4v) is 2.30. The van der Waals surface area contributed by atoms with Gasteiger partial charge in [0.1, 0.15) is 5.75 Å². The van der Waals surface area contributed by atoms with Gasteiger partial charge in [0.05, 0.1) is 18.6 Å². The van der Waals surface area contributed by atoms with Crippen LogP contribution in [0.3, 0.4) is 0 Å². The van der Waals surface area contributed by atoms with Crippen molar-refractivity contribution in [1.82, 2.24) is 10.6 Å². The normalized spacial score (nSPS) is 11.3. The Morgan fingerprint density at radius 3 is 2.26 bits per heavy atom. The minimum Gasteiger partial charge on any atom is -0.497 e. The molecule has 0 aliphatic heterocycles. The van der Waals surface area contributed by atoms with Crippen LogP contribution in [0.4, 0.5) is 5.69 Å². The van der Waals surface area contributed by atoms with Gasteiger partial charge in [-0.15, -0.1) is 0 Å². The summed E-state index contributed by atoms with van der Waals surface area (Å²) < 4.78 is 5.17. The zero-order valence-electron chi connectivity index (χ0n) is 15.9. The summed E-state index contributed by atoms with van der Waals surface area (Å²) in [6.07, 6.45) is 0. The molecule has 2 aromatic rings. The van der Waals surface area contributed by atoms with Gasteiger partial charge in [-0.05, 0) is 29.2 Å². The van der Waals surface area contributed by atoms with E-state index in [9.17, 15) is 10.1 Å². The summed E-state index contributed by atoms with van der Waals surface area (Å²) in [6, 6.07) is 14.3. The number of hydrogen-bond acceptors (Lipinski definition) is 4. The predicted octanol–water partition coefficient (Wildman–Crippen LogP) is 3.49. The van der Waals surface area contributed by atoms with Crippen LogP contribution in [0.1, 0.15) is 25.0 Å². The van der Waals surface area contributed by atoms with Crippen molar-refractivity contribution in [3.63, 3.8) is 0 Å².